The minimum absolute atomic E-state index is 0.0393. The maximum absolute atomic E-state index is 12.5. The third-order valence-electron chi connectivity index (χ3n) is 4.84. The first-order valence-corrected chi connectivity index (χ1v) is 10.8. The molecule has 1 heterocycles. The third-order valence-corrected chi connectivity index (χ3v) is 6.28. The molecule has 0 bridgehead atoms. The molecule has 1 aliphatic rings. The molecule has 0 aliphatic carbocycles. The Balaban J connectivity index is 1.74. The first kappa shape index (κ1) is 19.9. The highest BCUT2D eigenvalue weighted by molar-refractivity contribution is 7.89. The summed E-state index contributed by atoms with van der Waals surface area (Å²) in [6.07, 6.45) is 1.75. The van der Waals surface area contributed by atoms with Gasteiger partial charge < -0.3 is 9.84 Å². The summed E-state index contributed by atoms with van der Waals surface area (Å²) in [5, 5.41) is 9.40. The average Bonchev–Trinajstić information content (AvgIpc) is 2.91. The van der Waals surface area contributed by atoms with Crippen LogP contribution in [0.2, 0.25) is 0 Å². The molecule has 3 aromatic carbocycles. The lowest BCUT2D eigenvalue weighted by molar-refractivity contribution is 0.0696. The van der Waals surface area contributed by atoms with Crippen molar-refractivity contribution in [3.63, 3.8) is 0 Å². The zero-order valence-electron chi connectivity index (χ0n) is 15.9. The fourth-order valence-electron chi connectivity index (χ4n) is 3.37. The first-order chi connectivity index (χ1) is 14.5. The van der Waals surface area contributed by atoms with E-state index in [9.17, 15) is 18.3 Å². The van der Waals surface area contributed by atoms with E-state index >= 15 is 0 Å². The Morgan fingerprint density at radius 3 is 2.50 bits per heavy atom. The van der Waals surface area contributed by atoms with Crippen molar-refractivity contribution in [2.24, 2.45) is 0 Å². The van der Waals surface area contributed by atoms with Gasteiger partial charge in [0.25, 0.3) is 0 Å². The Kier molecular flexibility index (Phi) is 5.39. The Morgan fingerprint density at radius 1 is 1.00 bits per heavy atom. The van der Waals surface area contributed by atoms with E-state index in [1.807, 2.05) is 24.3 Å². The van der Waals surface area contributed by atoms with Gasteiger partial charge in [0.05, 0.1) is 10.5 Å². The number of aromatic carboxylic acids is 1. The molecule has 1 aliphatic heterocycles. The summed E-state index contributed by atoms with van der Waals surface area (Å²) in [6, 6.07) is 20.4. The summed E-state index contributed by atoms with van der Waals surface area (Å²) in [4.78, 5) is 11.7. The predicted molar refractivity (Wildman–Crippen MR) is 113 cm³/mol. The van der Waals surface area contributed by atoms with E-state index in [2.05, 4.69) is 4.72 Å². The molecule has 0 spiro atoms. The molecule has 2 N–H and O–H groups in total. The molecule has 0 atom stereocenters. The zero-order valence-corrected chi connectivity index (χ0v) is 16.7. The van der Waals surface area contributed by atoms with Gasteiger partial charge in [-0.1, -0.05) is 48.5 Å². The van der Waals surface area contributed by atoms with Gasteiger partial charge in [-0.05, 0) is 47.0 Å². The molecule has 7 heteroatoms. The summed E-state index contributed by atoms with van der Waals surface area (Å²) < 4.78 is 33.5. The normalized spacial score (nSPS) is 14.3. The molecule has 0 amide bonds. The molecule has 30 heavy (non-hydrogen) atoms. The van der Waals surface area contributed by atoms with Crippen LogP contribution in [0, 0.1) is 0 Å². The van der Waals surface area contributed by atoms with E-state index < -0.39 is 16.0 Å². The molecule has 0 radical (unpaired) electrons. The summed E-state index contributed by atoms with van der Waals surface area (Å²) >= 11 is 0. The summed E-state index contributed by atoms with van der Waals surface area (Å²) in [7, 11) is -3.67. The minimum Gasteiger partial charge on any atom is -0.488 e. The van der Waals surface area contributed by atoms with Crippen LogP contribution in [-0.2, 0) is 16.6 Å². The summed E-state index contributed by atoms with van der Waals surface area (Å²) in [6.45, 7) is 0.375. The molecule has 3 aromatic rings. The third kappa shape index (κ3) is 3.98. The van der Waals surface area contributed by atoms with Crippen LogP contribution < -0.4 is 9.46 Å². The predicted octanol–water partition coefficient (Wildman–Crippen LogP) is 3.69. The van der Waals surface area contributed by atoms with Gasteiger partial charge in [-0.2, -0.15) is 0 Å². The van der Waals surface area contributed by atoms with E-state index in [0.717, 1.165) is 16.7 Å². The van der Waals surface area contributed by atoms with Crippen LogP contribution in [0.5, 0.6) is 5.75 Å². The van der Waals surface area contributed by atoms with Crippen molar-refractivity contribution in [2.45, 2.75) is 11.5 Å². The van der Waals surface area contributed by atoms with Gasteiger partial charge >= 0.3 is 5.97 Å². The molecule has 0 aromatic heterocycles. The van der Waals surface area contributed by atoms with Crippen molar-refractivity contribution >= 4 is 21.6 Å². The number of benzene rings is 3. The molecular weight excluding hydrogens is 402 g/mol. The van der Waals surface area contributed by atoms with Gasteiger partial charge in [0.15, 0.2) is 0 Å². The van der Waals surface area contributed by atoms with Crippen LogP contribution in [0.25, 0.3) is 5.57 Å². The Labute approximate surface area is 174 Å². The summed E-state index contributed by atoms with van der Waals surface area (Å²) in [5.74, 6) is -0.493. The van der Waals surface area contributed by atoms with E-state index in [-0.39, 0.29) is 17.0 Å². The first-order valence-electron chi connectivity index (χ1n) is 9.29. The van der Waals surface area contributed by atoms with Crippen molar-refractivity contribution in [1.29, 1.82) is 0 Å². The number of carboxylic acids is 1. The molecule has 6 nitrogen and oxygen atoms in total. The van der Waals surface area contributed by atoms with Gasteiger partial charge in [0.1, 0.15) is 12.4 Å². The fraction of sp³-hybridized carbons (Fsp3) is 0.0870. The fourth-order valence-corrected chi connectivity index (χ4v) is 4.35. The Hall–Kier alpha value is -3.42. The smallest absolute Gasteiger partial charge is 0.335 e. The number of ether oxygens (including phenoxy) is 1. The van der Waals surface area contributed by atoms with Crippen molar-refractivity contribution in [2.75, 3.05) is 6.54 Å². The number of hydrogen-bond donors (Lipinski definition) is 2. The molecule has 0 unspecified atom stereocenters. The lowest BCUT2D eigenvalue weighted by Crippen LogP contribution is -2.24. The molecule has 0 fully saturated rings. The maximum Gasteiger partial charge on any atom is 0.335 e. The largest absolute Gasteiger partial charge is 0.488 e. The molecule has 0 saturated heterocycles. The number of carboxylic acid groups (broad SMARTS) is 1. The number of nitrogens with one attached hydrogen (secondary N) is 1. The van der Waals surface area contributed by atoms with Crippen molar-refractivity contribution in [1.82, 2.24) is 4.72 Å². The lowest BCUT2D eigenvalue weighted by atomic mass is 9.93. The van der Waals surface area contributed by atoms with Crippen LogP contribution in [0.4, 0.5) is 0 Å². The second-order valence-electron chi connectivity index (χ2n) is 6.74. The monoisotopic (exact) mass is 421 g/mol. The Morgan fingerprint density at radius 2 is 1.73 bits per heavy atom. The standard InChI is InChI=1S/C23H19NO5S/c25-23(26)16-10-11-22-21(14-16)20(19-9-5-4-6-17(19)15-29-22)12-13-24-30(27,28)18-7-2-1-3-8-18/h1-12,14,24H,13,15H2,(H,25,26)/b20-12+. The van der Waals surface area contributed by atoms with E-state index in [0.29, 0.717) is 17.9 Å². The molecular formula is C23H19NO5S. The summed E-state index contributed by atoms with van der Waals surface area (Å²) in [5.41, 5.74) is 3.27. The number of sulfonamides is 1. The number of fused-ring (bicyclic) bond motifs is 2. The van der Waals surface area contributed by atoms with Gasteiger partial charge in [-0.25, -0.2) is 17.9 Å². The highest BCUT2D eigenvalue weighted by Gasteiger charge is 2.21. The van der Waals surface area contributed by atoms with Crippen LogP contribution >= 0.6 is 0 Å². The maximum atomic E-state index is 12.5. The minimum atomic E-state index is -3.67. The van der Waals surface area contributed by atoms with E-state index in [4.69, 9.17) is 4.74 Å². The zero-order chi connectivity index (χ0) is 21.1. The highest BCUT2D eigenvalue weighted by Crippen LogP contribution is 2.37. The van der Waals surface area contributed by atoms with Crippen molar-refractivity contribution < 1.29 is 23.1 Å². The van der Waals surface area contributed by atoms with Crippen molar-refractivity contribution in [3.05, 3.63) is 101 Å². The average molecular weight is 421 g/mol. The van der Waals surface area contributed by atoms with Gasteiger partial charge in [-0.15, -0.1) is 0 Å². The number of carbonyl (C=O) groups is 1. The molecule has 152 valence electrons. The van der Waals surface area contributed by atoms with E-state index in [1.165, 1.54) is 18.2 Å². The van der Waals surface area contributed by atoms with Gasteiger partial charge in [0.2, 0.25) is 10.0 Å². The van der Waals surface area contributed by atoms with Crippen LogP contribution in [0.3, 0.4) is 0 Å². The topological polar surface area (TPSA) is 92.7 Å². The lowest BCUT2D eigenvalue weighted by Gasteiger charge is -2.12. The number of hydrogen-bond acceptors (Lipinski definition) is 4. The second kappa shape index (κ2) is 8.14. The van der Waals surface area contributed by atoms with Crippen LogP contribution in [-0.4, -0.2) is 26.0 Å². The highest BCUT2D eigenvalue weighted by atomic mass is 32.2. The van der Waals surface area contributed by atoms with Crippen LogP contribution in [0.15, 0.2) is 83.8 Å². The quantitative estimate of drug-likeness (QED) is 0.656. The second-order valence-corrected chi connectivity index (χ2v) is 8.51. The van der Waals surface area contributed by atoms with E-state index in [1.54, 1.807) is 36.4 Å². The van der Waals surface area contributed by atoms with Crippen molar-refractivity contribution in [3.8, 4) is 5.75 Å². The SMILES string of the molecule is O=C(O)c1ccc2c(c1)/C(=C/CNS(=O)(=O)c1ccccc1)c1ccccc1CO2. The van der Waals surface area contributed by atoms with Gasteiger partial charge in [0, 0.05) is 12.1 Å². The molecule has 0 saturated carbocycles. The van der Waals surface area contributed by atoms with Gasteiger partial charge in [-0.3, -0.25) is 0 Å². The number of rotatable bonds is 5. The van der Waals surface area contributed by atoms with Crippen LogP contribution in [0.1, 0.15) is 27.0 Å². The Bertz CT molecular complexity index is 1230. The molecule has 4 rings (SSSR count).